The number of halogens is 3. The van der Waals surface area contributed by atoms with Crippen LogP contribution in [0.15, 0.2) is 30.5 Å². The van der Waals surface area contributed by atoms with E-state index in [9.17, 15) is 18.0 Å². The Kier molecular flexibility index (Phi) is 6.63. The van der Waals surface area contributed by atoms with Gasteiger partial charge in [-0.3, -0.25) is 4.79 Å². The molecule has 0 bridgehead atoms. The molecule has 0 aliphatic heterocycles. The first-order valence-corrected chi connectivity index (χ1v) is 9.74. The number of anilines is 4. The van der Waals surface area contributed by atoms with Crippen LogP contribution in [0.25, 0.3) is 0 Å². The van der Waals surface area contributed by atoms with Crippen molar-refractivity contribution in [2.45, 2.75) is 31.4 Å². The highest BCUT2D eigenvalue weighted by molar-refractivity contribution is 5.81. The molecule has 1 aliphatic rings. The molecule has 3 N–H and O–H groups in total. The number of hydrogen-bond acceptors (Lipinski definition) is 6. The lowest BCUT2D eigenvalue weighted by atomic mass is 10.2. The minimum absolute atomic E-state index is 0.0718. The molecule has 1 aromatic heterocycles. The second-order valence-electron chi connectivity index (χ2n) is 7.38. The van der Waals surface area contributed by atoms with Crippen molar-refractivity contribution in [1.82, 2.24) is 15.3 Å². The van der Waals surface area contributed by atoms with Crippen molar-refractivity contribution in [1.29, 1.82) is 0 Å². The average molecular weight is 422 g/mol. The Morgan fingerprint density at radius 3 is 2.67 bits per heavy atom. The molecule has 0 saturated heterocycles. The van der Waals surface area contributed by atoms with Crippen molar-refractivity contribution in [3.8, 4) is 0 Å². The van der Waals surface area contributed by atoms with Gasteiger partial charge in [-0.15, -0.1) is 0 Å². The van der Waals surface area contributed by atoms with Crippen molar-refractivity contribution in [2.75, 3.05) is 42.7 Å². The number of amides is 1. The lowest BCUT2D eigenvalue weighted by Crippen LogP contribution is -2.37. The van der Waals surface area contributed by atoms with Gasteiger partial charge in [0.1, 0.15) is 5.82 Å². The van der Waals surface area contributed by atoms with E-state index in [-0.39, 0.29) is 6.54 Å². The van der Waals surface area contributed by atoms with Gasteiger partial charge in [0, 0.05) is 50.3 Å². The number of nitrogens with one attached hydrogen (secondary N) is 3. The van der Waals surface area contributed by atoms with Gasteiger partial charge < -0.3 is 20.9 Å². The number of aromatic nitrogens is 2. The quantitative estimate of drug-likeness (QED) is 0.536. The Morgan fingerprint density at radius 1 is 1.23 bits per heavy atom. The molecule has 3 rings (SSSR count). The van der Waals surface area contributed by atoms with E-state index >= 15 is 0 Å². The first kappa shape index (κ1) is 21.7. The van der Waals surface area contributed by atoms with Crippen molar-refractivity contribution in [3.63, 3.8) is 0 Å². The van der Waals surface area contributed by atoms with Crippen molar-refractivity contribution in [2.24, 2.45) is 0 Å². The van der Waals surface area contributed by atoms with Gasteiger partial charge in [0.05, 0.1) is 0 Å². The molecule has 1 aromatic carbocycles. The van der Waals surface area contributed by atoms with Gasteiger partial charge in [0.2, 0.25) is 5.95 Å². The molecule has 0 spiro atoms. The number of nitrogens with zero attached hydrogens (tertiary/aromatic N) is 3. The number of rotatable bonds is 9. The smallest absolute Gasteiger partial charge is 0.378 e. The molecule has 1 aliphatic carbocycles. The Morgan fingerprint density at radius 2 is 2.00 bits per heavy atom. The monoisotopic (exact) mass is 422 g/mol. The van der Waals surface area contributed by atoms with Gasteiger partial charge >= 0.3 is 12.1 Å². The van der Waals surface area contributed by atoms with Crippen molar-refractivity contribution in [3.05, 3.63) is 36.0 Å². The third-order valence-corrected chi connectivity index (χ3v) is 4.64. The van der Waals surface area contributed by atoms with Crippen LogP contribution in [0.3, 0.4) is 0 Å². The number of hydrogen-bond donors (Lipinski definition) is 3. The van der Waals surface area contributed by atoms with E-state index in [4.69, 9.17) is 0 Å². The average Bonchev–Trinajstić information content (AvgIpc) is 3.52. The summed E-state index contributed by atoms with van der Waals surface area (Å²) in [6.07, 6.45) is -0.599. The molecule has 7 nitrogen and oxygen atoms in total. The summed E-state index contributed by atoms with van der Waals surface area (Å²) in [7, 11) is 3.92. The maximum absolute atomic E-state index is 12.2. The summed E-state index contributed by atoms with van der Waals surface area (Å²) >= 11 is 0. The van der Waals surface area contributed by atoms with Crippen LogP contribution < -0.4 is 20.9 Å². The van der Waals surface area contributed by atoms with E-state index < -0.39 is 12.1 Å². The summed E-state index contributed by atoms with van der Waals surface area (Å²) in [5, 5.41) is 8.22. The first-order valence-electron chi connectivity index (χ1n) is 9.74. The number of carbonyl (C=O) groups excluding carboxylic acids is 1. The minimum atomic E-state index is -4.86. The van der Waals surface area contributed by atoms with Crippen LogP contribution in [0.5, 0.6) is 0 Å². The second-order valence-corrected chi connectivity index (χ2v) is 7.38. The van der Waals surface area contributed by atoms with Crippen LogP contribution in [0.4, 0.5) is 36.3 Å². The Hall–Kier alpha value is -3.04. The summed E-state index contributed by atoms with van der Waals surface area (Å²) < 4.78 is 36.6. The van der Waals surface area contributed by atoms with E-state index in [1.165, 1.54) is 0 Å². The Labute approximate surface area is 173 Å². The van der Waals surface area contributed by atoms with Gasteiger partial charge in [-0.1, -0.05) is 6.07 Å². The van der Waals surface area contributed by atoms with Gasteiger partial charge in [0.25, 0.3) is 0 Å². The molecule has 2 aromatic rings. The molecule has 30 heavy (non-hydrogen) atoms. The molecule has 1 fully saturated rings. The van der Waals surface area contributed by atoms with Gasteiger partial charge in [0.15, 0.2) is 0 Å². The molecule has 0 radical (unpaired) electrons. The van der Waals surface area contributed by atoms with Crippen LogP contribution in [-0.4, -0.2) is 49.2 Å². The van der Waals surface area contributed by atoms with Crippen molar-refractivity contribution >= 4 is 29.0 Å². The van der Waals surface area contributed by atoms with Crippen LogP contribution in [0.1, 0.15) is 30.7 Å². The highest BCUT2D eigenvalue weighted by Crippen LogP contribution is 2.42. The van der Waals surface area contributed by atoms with Crippen LogP contribution >= 0.6 is 0 Å². The molecular weight excluding hydrogens is 397 g/mol. The van der Waals surface area contributed by atoms with E-state index in [0.717, 1.165) is 29.8 Å². The fourth-order valence-electron chi connectivity index (χ4n) is 2.87. The summed E-state index contributed by atoms with van der Waals surface area (Å²) in [5.41, 5.74) is 2.89. The highest BCUT2D eigenvalue weighted by Gasteiger charge is 2.38. The second kappa shape index (κ2) is 9.19. The number of alkyl halides is 3. The third kappa shape index (κ3) is 5.98. The molecule has 10 heteroatoms. The molecule has 0 atom stereocenters. The molecule has 0 unspecified atom stereocenters. The van der Waals surface area contributed by atoms with E-state index in [0.29, 0.717) is 30.6 Å². The Bertz CT molecular complexity index is 883. The fraction of sp³-hybridized carbons (Fsp3) is 0.450. The summed E-state index contributed by atoms with van der Waals surface area (Å²) in [6, 6.07) is 7.83. The minimum Gasteiger partial charge on any atom is -0.378 e. The van der Waals surface area contributed by atoms with Gasteiger partial charge in [-0.25, -0.2) is 4.98 Å². The van der Waals surface area contributed by atoms with E-state index in [1.54, 1.807) is 6.20 Å². The number of carbonyl (C=O) groups is 1. The topological polar surface area (TPSA) is 82.2 Å². The first-order chi connectivity index (χ1) is 14.2. The van der Waals surface area contributed by atoms with Gasteiger partial charge in [-0.05, 0) is 43.4 Å². The standard InChI is InChI=1S/C20H25F3N6O/c1-29(2)15-6-3-5-14(11-15)27-19-26-12-16(13-7-8-13)17(28-19)24-9-4-10-25-18(30)20(21,22)23/h3,5-6,11-13H,4,7-10H2,1-2H3,(H,25,30)(H2,24,26,27,28). The third-order valence-electron chi connectivity index (χ3n) is 4.64. The lowest BCUT2D eigenvalue weighted by molar-refractivity contribution is -0.173. The molecule has 1 amide bonds. The normalized spacial score (nSPS) is 13.6. The highest BCUT2D eigenvalue weighted by atomic mass is 19.4. The van der Waals surface area contributed by atoms with E-state index in [2.05, 4.69) is 20.6 Å². The van der Waals surface area contributed by atoms with E-state index in [1.807, 2.05) is 48.6 Å². The summed E-state index contributed by atoms with van der Waals surface area (Å²) in [6.45, 7) is 0.308. The summed E-state index contributed by atoms with van der Waals surface area (Å²) in [5.74, 6) is -0.415. The zero-order valence-corrected chi connectivity index (χ0v) is 16.9. The SMILES string of the molecule is CN(C)c1cccc(Nc2ncc(C3CC3)c(NCCCNC(=O)C(F)(F)F)n2)c1. The largest absolute Gasteiger partial charge is 0.471 e. The molecule has 1 saturated carbocycles. The lowest BCUT2D eigenvalue weighted by Gasteiger charge is -2.15. The Balaban J connectivity index is 1.61. The van der Waals surface area contributed by atoms with Crippen LogP contribution in [-0.2, 0) is 4.79 Å². The zero-order chi connectivity index (χ0) is 21.7. The van der Waals surface area contributed by atoms with Crippen molar-refractivity contribution < 1.29 is 18.0 Å². The maximum Gasteiger partial charge on any atom is 0.471 e. The molecular formula is C20H25F3N6O. The van der Waals surface area contributed by atoms with Crippen LogP contribution in [0, 0.1) is 0 Å². The maximum atomic E-state index is 12.2. The fourth-order valence-corrected chi connectivity index (χ4v) is 2.87. The summed E-state index contributed by atoms with van der Waals surface area (Å²) in [4.78, 5) is 21.8. The van der Waals surface area contributed by atoms with Crippen LogP contribution in [0.2, 0.25) is 0 Å². The number of benzene rings is 1. The van der Waals surface area contributed by atoms with Gasteiger partial charge in [-0.2, -0.15) is 18.2 Å². The predicted molar refractivity (Wildman–Crippen MR) is 110 cm³/mol. The predicted octanol–water partition coefficient (Wildman–Crippen LogP) is 3.64. The molecule has 1 heterocycles. The zero-order valence-electron chi connectivity index (χ0n) is 16.9. The molecule has 162 valence electrons.